The third-order valence-electron chi connectivity index (χ3n) is 4.00. The molecule has 1 atom stereocenters. The highest BCUT2D eigenvalue weighted by Gasteiger charge is 2.15. The van der Waals surface area contributed by atoms with E-state index in [0.717, 1.165) is 43.2 Å². The van der Waals surface area contributed by atoms with E-state index >= 15 is 0 Å². The van der Waals surface area contributed by atoms with Crippen molar-refractivity contribution in [3.63, 3.8) is 0 Å². The third-order valence-corrected chi connectivity index (χ3v) is 4.00. The lowest BCUT2D eigenvalue weighted by atomic mass is 10.2. The van der Waals surface area contributed by atoms with Crippen LogP contribution in [0.15, 0.2) is 48.5 Å². The molecule has 4 nitrogen and oxygen atoms in total. The Hall–Kier alpha value is -2.20. The zero-order valence-electron chi connectivity index (χ0n) is 14.2. The zero-order valence-corrected chi connectivity index (χ0v) is 14.2. The Balaban J connectivity index is 1.53. The number of hydrogen-bond acceptors (Lipinski definition) is 4. The molecule has 0 spiro atoms. The molecule has 0 amide bonds. The molecule has 4 heteroatoms. The average Bonchev–Trinajstić information content (AvgIpc) is 3.13. The molecule has 24 heavy (non-hydrogen) atoms. The summed E-state index contributed by atoms with van der Waals surface area (Å²) in [6.45, 7) is 4.90. The predicted octanol–water partition coefficient (Wildman–Crippen LogP) is 4.26. The summed E-state index contributed by atoms with van der Waals surface area (Å²) >= 11 is 0. The molecule has 2 aromatic rings. The van der Waals surface area contributed by atoms with Crippen molar-refractivity contribution in [2.24, 2.45) is 0 Å². The fourth-order valence-electron chi connectivity index (χ4n) is 2.78. The van der Waals surface area contributed by atoms with E-state index in [-0.39, 0.29) is 6.10 Å². The summed E-state index contributed by atoms with van der Waals surface area (Å²) in [5, 5.41) is 3.43. The van der Waals surface area contributed by atoms with E-state index in [1.165, 1.54) is 5.56 Å². The molecule has 0 aromatic heterocycles. The topological polar surface area (TPSA) is 39.7 Å². The molecular formula is C20H25NO3. The van der Waals surface area contributed by atoms with Gasteiger partial charge in [-0.15, -0.1) is 0 Å². The van der Waals surface area contributed by atoms with Crippen molar-refractivity contribution in [1.29, 1.82) is 0 Å². The number of ether oxygens (including phenoxy) is 3. The second-order valence-electron chi connectivity index (χ2n) is 5.91. The van der Waals surface area contributed by atoms with Gasteiger partial charge < -0.3 is 19.5 Å². The van der Waals surface area contributed by atoms with Gasteiger partial charge in [0.25, 0.3) is 0 Å². The molecule has 0 radical (unpaired) electrons. The second-order valence-corrected chi connectivity index (χ2v) is 5.91. The van der Waals surface area contributed by atoms with Crippen LogP contribution in [0.25, 0.3) is 0 Å². The Kier molecular flexibility index (Phi) is 5.96. The van der Waals surface area contributed by atoms with Crippen LogP contribution >= 0.6 is 0 Å². The normalized spacial score (nSPS) is 16.8. The van der Waals surface area contributed by atoms with Crippen molar-refractivity contribution in [3.05, 3.63) is 54.1 Å². The minimum Gasteiger partial charge on any atom is -0.494 e. The maximum Gasteiger partial charge on any atom is 0.121 e. The van der Waals surface area contributed by atoms with Crippen LogP contribution in [0.3, 0.4) is 0 Å². The number of anilines is 1. The minimum atomic E-state index is 0.239. The first-order valence-corrected chi connectivity index (χ1v) is 8.63. The predicted molar refractivity (Wildman–Crippen MR) is 95.8 cm³/mol. The average molecular weight is 327 g/mol. The lowest BCUT2D eigenvalue weighted by Crippen LogP contribution is -2.16. The summed E-state index contributed by atoms with van der Waals surface area (Å²) < 4.78 is 17.0. The summed E-state index contributed by atoms with van der Waals surface area (Å²) in [7, 11) is 0. The van der Waals surface area contributed by atoms with Crippen molar-refractivity contribution < 1.29 is 14.2 Å². The van der Waals surface area contributed by atoms with Gasteiger partial charge in [0, 0.05) is 24.9 Å². The summed E-state index contributed by atoms with van der Waals surface area (Å²) in [5.74, 6) is 1.78. The van der Waals surface area contributed by atoms with E-state index in [0.29, 0.717) is 13.2 Å². The van der Waals surface area contributed by atoms with E-state index < -0.39 is 0 Å². The van der Waals surface area contributed by atoms with Crippen LogP contribution in [0.2, 0.25) is 0 Å². The molecular weight excluding hydrogens is 302 g/mol. The Morgan fingerprint density at radius 2 is 1.92 bits per heavy atom. The van der Waals surface area contributed by atoms with Gasteiger partial charge in [-0.05, 0) is 49.6 Å². The van der Waals surface area contributed by atoms with Gasteiger partial charge in [0.1, 0.15) is 18.1 Å². The maximum absolute atomic E-state index is 5.85. The number of hydrogen-bond donors (Lipinski definition) is 1. The second kappa shape index (κ2) is 8.60. The van der Waals surface area contributed by atoms with Gasteiger partial charge in [-0.25, -0.2) is 0 Å². The molecule has 0 aliphatic carbocycles. The van der Waals surface area contributed by atoms with Gasteiger partial charge in [-0.3, -0.25) is 0 Å². The van der Waals surface area contributed by atoms with E-state index in [2.05, 4.69) is 17.4 Å². The van der Waals surface area contributed by atoms with Crippen LogP contribution in [0.1, 0.15) is 25.3 Å². The molecule has 1 N–H and O–H groups in total. The summed E-state index contributed by atoms with van der Waals surface area (Å²) in [5.41, 5.74) is 2.23. The van der Waals surface area contributed by atoms with Crippen LogP contribution in [0, 0.1) is 0 Å². The lowest BCUT2D eigenvalue weighted by Gasteiger charge is -2.13. The quantitative estimate of drug-likeness (QED) is 0.786. The van der Waals surface area contributed by atoms with Gasteiger partial charge in [0.05, 0.1) is 12.7 Å². The third kappa shape index (κ3) is 4.90. The first kappa shape index (κ1) is 16.7. The number of nitrogens with one attached hydrogen (secondary N) is 1. The first-order valence-electron chi connectivity index (χ1n) is 8.63. The summed E-state index contributed by atoms with van der Waals surface area (Å²) in [4.78, 5) is 0. The summed E-state index contributed by atoms with van der Waals surface area (Å²) in [6.07, 6.45) is 2.47. The highest BCUT2D eigenvalue weighted by molar-refractivity contribution is 5.48. The van der Waals surface area contributed by atoms with Gasteiger partial charge in [-0.2, -0.15) is 0 Å². The molecule has 1 aliphatic rings. The molecule has 0 unspecified atom stereocenters. The smallest absolute Gasteiger partial charge is 0.121 e. The van der Waals surface area contributed by atoms with Gasteiger partial charge in [-0.1, -0.05) is 18.2 Å². The largest absolute Gasteiger partial charge is 0.494 e. The van der Waals surface area contributed by atoms with Crippen LogP contribution < -0.4 is 14.8 Å². The fourth-order valence-corrected chi connectivity index (χ4v) is 2.78. The molecule has 1 aliphatic heterocycles. The minimum absolute atomic E-state index is 0.239. The van der Waals surface area contributed by atoms with Crippen LogP contribution in [0.5, 0.6) is 11.5 Å². The molecule has 2 aromatic carbocycles. The van der Waals surface area contributed by atoms with Crippen LogP contribution in [-0.2, 0) is 11.3 Å². The summed E-state index contributed by atoms with van der Waals surface area (Å²) in [6, 6.07) is 16.2. The van der Waals surface area contributed by atoms with Crippen molar-refractivity contribution >= 4 is 5.69 Å². The molecule has 1 saturated heterocycles. The molecule has 128 valence electrons. The fraction of sp³-hybridized carbons (Fsp3) is 0.400. The van der Waals surface area contributed by atoms with Crippen LogP contribution in [-0.4, -0.2) is 25.9 Å². The van der Waals surface area contributed by atoms with E-state index in [1.807, 2.05) is 43.3 Å². The Labute approximate surface area is 143 Å². The van der Waals surface area contributed by atoms with E-state index in [1.54, 1.807) is 0 Å². The lowest BCUT2D eigenvalue weighted by molar-refractivity contribution is 0.0680. The molecule has 1 heterocycles. The van der Waals surface area contributed by atoms with E-state index in [4.69, 9.17) is 14.2 Å². The van der Waals surface area contributed by atoms with Crippen molar-refractivity contribution in [1.82, 2.24) is 0 Å². The first-order chi connectivity index (χ1) is 11.8. The number of benzene rings is 2. The molecule has 0 bridgehead atoms. The van der Waals surface area contributed by atoms with Gasteiger partial charge in [0.15, 0.2) is 0 Å². The van der Waals surface area contributed by atoms with Crippen molar-refractivity contribution in [2.45, 2.75) is 32.4 Å². The Bertz CT molecular complexity index is 638. The van der Waals surface area contributed by atoms with Crippen molar-refractivity contribution in [3.8, 4) is 11.5 Å². The van der Waals surface area contributed by atoms with Gasteiger partial charge in [0.2, 0.25) is 0 Å². The number of rotatable bonds is 8. The van der Waals surface area contributed by atoms with Crippen LogP contribution in [0.4, 0.5) is 5.69 Å². The standard InChI is InChI=1S/C20H25NO3/c1-2-22-18-8-3-6-16(12-18)14-21-17-7-4-9-19(13-17)24-15-20-10-5-11-23-20/h3-4,6-9,12-13,20-21H,2,5,10-11,14-15H2,1H3/t20-/m0/s1. The highest BCUT2D eigenvalue weighted by Crippen LogP contribution is 2.21. The SMILES string of the molecule is CCOc1cccc(CNc2cccc(OC[C@@H]3CCCO3)c2)c1. The van der Waals surface area contributed by atoms with Crippen molar-refractivity contribution in [2.75, 3.05) is 25.1 Å². The van der Waals surface area contributed by atoms with E-state index in [9.17, 15) is 0 Å². The highest BCUT2D eigenvalue weighted by atomic mass is 16.5. The molecule has 0 saturated carbocycles. The Morgan fingerprint density at radius 3 is 2.71 bits per heavy atom. The zero-order chi connectivity index (χ0) is 16.6. The van der Waals surface area contributed by atoms with Gasteiger partial charge >= 0.3 is 0 Å². The monoisotopic (exact) mass is 327 g/mol. The molecule has 1 fully saturated rings. The molecule has 3 rings (SSSR count). The Morgan fingerprint density at radius 1 is 1.08 bits per heavy atom. The maximum atomic E-state index is 5.85.